The van der Waals surface area contributed by atoms with Crippen LogP contribution in [0.2, 0.25) is 0 Å². The minimum Gasteiger partial charge on any atom is -0.462 e. The molecule has 1 atom stereocenters. The van der Waals surface area contributed by atoms with Gasteiger partial charge in [-0.3, -0.25) is 4.79 Å². The maximum absolute atomic E-state index is 11.6. The molecule has 0 saturated heterocycles. The highest BCUT2D eigenvalue weighted by Crippen LogP contribution is 2.19. The fraction of sp³-hybridized carbons (Fsp3) is 0.357. The number of carbonyl (C=O) groups is 1. The highest BCUT2D eigenvalue weighted by atomic mass is 16.5. The van der Waals surface area contributed by atoms with Gasteiger partial charge >= 0.3 is 5.97 Å². The average molecular weight is 232 g/mol. The second kappa shape index (κ2) is 5.04. The number of ether oxygens (including phenoxy) is 1. The SMILES string of the molecule is CCC(C)OC(=O)Cc1cc2ccccc2o1. The Kier molecular flexibility index (Phi) is 3.47. The van der Waals surface area contributed by atoms with Gasteiger partial charge in [-0.1, -0.05) is 25.1 Å². The van der Waals surface area contributed by atoms with Gasteiger partial charge < -0.3 is 9.15 Å². The Labute approximate surface area is 100 Å². The number of esters is 1. The van der Waals surface area contributed by atoms with Crippen LogP contribution in [0.25, 0.3) is 11.0 Å². The third kappa shape index (κ3) is 2.87. The molecule has 0 fully saturated rings. The van der Waals surface area contributed by atoms with E-state index in [9.17, 15) is 4.79 Å². The van der Waals surface area contributed by atoms with Gasteiger partial charge in [0.25, 0.3) is 0 Å². The second-order valence-corrected chi connectivity index (χ2v) is 4.14. The summed E-state index contributed by atoms with van der Waals surface area (Å²) in [6.45, 7) is 3.87. The van der Waals surface area contributed by atoms with Crippen molar-refractivity contribution in [2.75, 3.05) is 0 Å². The Bertz CT molecular complexity index is 480. The van der Waals surface area contributed by atoms with Crippen LogP contribution >= 0.6 is 0 Å². The molecule has 2 aromatic rings. The van der Waals surface area contributed by atoms with Gasteiger partial charge in [-0.25, -0.2) is 0 Å². The topological polar surface area (TPSA) is 39.4 Å². The summed E-state index contributed by atoms with van der Waals surface area (Å²) >= 11 is 0. The van der Waals surface area contributed by atoms with Gasteiger partial charge in [0.2, 0.25) is 0 Å². The van der Waals surface area contributed by atoms with Crippen LogP contribution in [0.5, 0.6) is 0 Å². The van der Waals surface area contributed by atoms with Gasteiger partial charge in [0.15, 0.2) is 0 Å². The lowest BCUT2D eigenvalue weighted by Gasteiger charge is -2.09. The number of benzene rings is 1. The summed E-state index contributed by atoms with van der Waals surface area (Å²) in [4.78, 5) is 11.6. The Morgan fingerprint density at radius 3 is 2.88 bits per heavy atom. The normalized spacial score (nSPS) is 12.6. The number of rotatable bonds is 4. The molecule has 0 aliphatic rings. The number of fused-ring (bicyclic) bond motifs is 1. The minimum atomic E-state index is -0.238. The molecule has 17 heavy (non-hydrogen) atoms. The molecule has 0 saturated carbocycles. The third-order valence-corrected chi connectivity index (χ3v) is 2.70. The lowest BCUT2D eigenvalue weighted by Crippen LogP contribution is -2.15. The Morgan fingerprint density at radius 2 is 2.18 bits per heavy atom. The lowest BCUT2D eigenvalue weighted by atomic mass is 10.2. The van der Waals surface area contributed by atoms with E-state index in [-0.39, 0.29) is 18.5 Å². The zero-order chi connectivity index (χ0) is 12.3. The van der Waals surface area contributed by atoms with E-state index >= 15 is 0 Å². The van der Waals surface area contributed by atoms with Crippen LogP contribution < -0.4 is 0 Å². The summed E-state index contributed by atoms with van der Waals surface area (Å²) in [7, 11) is 0. The largest absolute Gasteiger partial charge is 0.462 e. The van der Waals surface area contributed by atoms with Crippen LogP contribution in [0.1, 0.15) is 26.0 Å². The van der Waals surface area contributed by atoms with E-state index in [0.29, 0.717) is 5.76 Å². The van der Waals surface area contributed by atoms with Crippen LogP contribution in [0.15, 0.2) is 34.7 Å². The molecule has 0 amide bonds. The molecular weight excluding hydrogens is 216 g/mol. The molecule has 1 aromatic carbocycles. The van der Waals surface area contributed by atoms with E-state index in [1.807, 2.05) is 44.2 Å². The molecule has 1 aromatic heterocycles. The van der Waals surface area contributed by atoms with Crippen LogP contribution in [0, 0.1) is 0 Å². The van der Waals surface area contributed by atoms with Crippen LogP contribution in [0.4, 0.5) is 0 Å². The Balaban J connectivity index is 2.05. The van der Waals surface area contributed by atoms with Crippen molar-refractivity contribution in [3.8, 4) is 0 Å². The predicted octanol–water partition coefficient (Wildman–Crippen LogP) is 3.32. The second-order valence-electron chi connectivity index (χ2n) is 4.14. The molecule has 0 radical (unpaired) electrons. The quantitative estimate of drug-likeness (QED) is 0.759. The Hall–Kier alpha value is -1.77. The van der Waals surface area contributed by atoms with Crippen molar-refractivity contribution in [2.45, 2.75) is 32.8 Å². The number of furan rings is 1. The molecule has 0 N–H and O–H groups in total. The van der Waals surface area contributed by atoms with Crippen molar-refractivity contribution < 1.29 is 13.9 Å². The summed E-state index contributed by atoms with van der Waals surface area (Å²) in [5.41, 5.74) is 0.804. The van der Waals surface area contributed by atoms with Gasteiger partial charge in [0.1, 0.15) is 17.8 Å². The molecular formula is C14H16O3. The molecule has 3 heteroatoms. The molecule has 0 spiro atoms. The van der Waals surface area contributed by atoms with Gasteiger partial charge in [-0.15, -0.1) is 0 Å². The first-order valence-corrected chi connectivity index (χ1v) is 5.86. The first kappa shape index (κ1) is 11.7. The zero-order valence-electron chi connectivity index (χ0n) is 10.1. The summed E-state index contributed by atoms with van der Waals surface area (Å²) in [6.07, 6.45) is 0.983. The monoisotopic (exact) mass is 232 g/mol. The summed E-state index contributed by atoms with van der Waals surface area (Å²) in [5, 5.41) is 1.01. The number of carbonyl (C=O) groups excluding carboxylic acids is 1. The molecule has 3 nitrogen and oxygen atoms in total. The highest BCUT2D eigenvalue weighted by molar-refractivity contribution is 5.80. The summed E-state index contributed by atoms with van der Waals surface area (Å²) in [6, 6.07) is 9.58. The van der Waals surface area contributed by atoms with Gasteiger partial charge in [0, 0.05) is 5.39 Å². The number of para-hydroxylation sites is 1. The lowest BCUT2D eigenvalue weighted by molar-refractivity contribution is -0.147. The standard InChI is InChI=1S/C14H16O3/c1-3-10(2)16-14(15)9-12-8-11-6-4-5-7-13(11)17-12/h4-8,10H,3,9H2,1-2H3. The van der Waals surface area contributed by atoms with E-state index in [4.69, 9.17) is 9.15 Å². The van der Waals surface area contributed by atoms with Crippen molar-refractivity contribution in [3.05, 3.63) is 36.1 Å². The van der Waals surface area contributed by atoms with Crippen molar-refractivity contribution in [1.82, 2.24) is 0 Å². The van der Waals surface area contributed by atoms with E-state index < -0.39 is 0 Å². The molecule has 0 aliphatic carbocycles. The average Bonchev–Trinajstić information content (AvgIpc) is 2.70. The van der Waals surface area contributed by atoms with E-state index in [2.05, 4.69) is 0 Å². The molecule has 0 bridgehead atoms. The van der Waals surface area contributed by atoms with Crippen molar-refractivity contribution in [2.24, 2.45) is 0 Å². The smallest absolute Gasteiger partial charge is 0.313 e. The molecule has 1 unspecified atom stereocenters. The van der Waals surface area contributed by atoms with Gasteiger partial charge in [0.05, 0.1) is 6.10 Å². The first-order valence-electron chi connectivity index (χ1n) is 5.86. The fourth-order valence-corrected chi connectivity index (χ4v) is 1.62. The summed E-state index contributed by atoms with van der Waals surface area (Å²) < 4.78 is 10.8. The third-order valence-electron chi connectivity index (χ3n) is 2.70. The fourth-order valence-electron chi connectivity index (χ4n) is 1.62. The number of hydrogen-bond donors (Lipinski definition) is 0. The minimum absolute atomic E-state index is 0.0353. The maximum atomic E-state index is 11.6. The van der Waals surface area contributed by atoms with E-state index in [0.717, 1.165) is 17.4 Å². The van der Waals surface area contributed by atoms with Crippen LogP contribution in [-0.4, -0.2) is 12.1 Å². The van der Waals surface area contributed by atoms with Crippen LogP contribution in [0.3, 0.4) is 0 Å². The predicted molar refractivity (Wildman–Crippen MR) is 65.8 cm³/mol. The molecule has 1 heterocycles. The van der Waals surface area contributed by atoms with Crippen LogP contribution in [-0.2, 0) is 16.0 Å². The first-order chi connectivity index (χ1) is 8.19. The van der Waals surface area contributed by atoms with Gasteiger partial charge in [-0.05, 0) is 25.5 Å². The molecule has 0 aliphatic heterocycles. The van der Waals surface area contributed by atoms with Crippen molar-refractivity contribution >= 4 is 16.9 Å². The zero-order valence-corrected chi connectivity index (χ0v) is 10.1. The van der Waals surface area contributed by atoms with E-state index in [1.54, 1.807) is 0 Å². The highest BCUT2D eigenvalue weighted by Gasteiger charge is 2.12. The maximum Gasteiger partial charge on any atom is 0.313 e. The molecule has 90 valence electrons. The number of hydrogen-bond acceptors (Lipinski definition) is 3. The Morgan fingerprint density at radius 1 is 1.41 bits per heavy atom. The summed E-state index contributed by atoms with van der Waals surface area (Å²) in [5.74, 6) is 0.415. The van der Waals surface area contributed by atoms with Gasteiger partial charge in [-0.2, -0.15) is 0 Å². The van der Waals surface area contributed by atoms with E-state index in [1.165, 1.54) is 0 Å². The van der Waals surface area contributed by atoms with Crippen molar-refractivity contribution in [3.63, 3.8) is 0 Å². The molecule has 2 rings (SSSR count). The van der Waals surface area contributed by atoms with Crippen molar-refractivity contribution in [1.29, 1.82) is 0 Å².